The first-order valence-corrected chi connectivity index (χ1v) is 8.03. The summed E-state index contributed by atoms with van der Waals surface area (Å²) >= 11 is 0. The van der Waals surface area contributed by atoms with Gasteiger partial charge in [-0.05, 0) is 48.9 Å². The van der Waals surface area contributed by atoms with Crippen LogP contribution in [-0.2, 0) is 10.5 Å². The number of aromatic nitrogens is 2. The molecule has 0 saturated heterocycles. The minimum absolute atomic E-state index is 0.183. The number of H-pyrrole nitrogens is 1. The normalized spacial score (nSPS) is 19.4. The van der Waals surface area contributed by atoms with Crippen molar-refractivity contribution in [3.05, 3.63) is 53.8 Å². The van der Waals surface area contributed by atoms with Crippen LogP contribution in [0.15, 0.2) is 47.5 Å². The molecule has 26 heavy (non-hydrogen) atoms. The molecule has 4 N–H and O–H groups in total. The van der Waals surface area contributed by atoms with Gasteiger partial charge in [0.25, 0.3) is 0 Å². The van der Waals surface area contributed by atoms with Crippen molar-refractivity contribution >= 4 is 22.7 Å². The first-order valence-electron chi connectivity index (χ1n) is 8.03. The van der Waals surface area contributed by atoms with Crippen LogP contribution in [-0.4, -0.2) is 27.1 Å². The second-order valence-electron chi connectivity index (χ2n) is 6.29. The third-order valence-electron chi connectivity index (χ3n) is 4.37. The molecule has 2 heterocycles. The molecule has 0 radical (unpaired) electrons. The molecule has 1 aliphatic heterocycles. The van der Waals surface area contributed by atoms with Crippen LogP contribution < -0.4 is 10.9 Å². The standard InChI is InChI=1S/C18H16FN5O2/c1-18(20-15(22-24-18)9-16(25)26)11-4-7-14-13(8-11)17(23-21-14)10-2-5-12(19)6-3-10/h2-8,24H,9H2,1H3,(H,20,22)(H,21,23)(H,25,26). The van der Waals surface area contributed by atoms with E-state index < -0.39 is 11.6 Å². The fraction of sp³-hybridized carbons (Fsp3) is 0.167. The highest BCUT2D eigenvalue weighted by atomic mass is 19.1. The van der Waals surface area contributed by atoms with E-state index in [1.54, 1.807) is 12.1 Å². The summed E-state index contributed by atoms with van der Waals surface area (Å²) in [6, 6.07) is 11.9. The molecule has 2 aromatic carbocycles. The van der Waals surface area contributed by atoms with Crippen LogP contribution in [0.1, 0.15) is 18.9 Å². The van der Waals surface area contributed by atoms with Gasteiger partial charge < -0.3 is 10.5 Å². The minimum atomic E-state index is -0.953. The van der Waals surface area contributed by atoms with Crippen LogP contribution >= 0.6 is 0 Å². The van der Waals surface area contributed by atoms with Gasteiger partial charge >= 0.3 is 5.97 Å². The number of carbonyl (C=O) groups is 1. The second kappa shape index (κ2) is 5.92. The van der Waals surface area contributed by atoms with Gasteiger partial charge in [-0.1, -0.05) is 6.07 Å². The Hall–Kier alpha value is -3.26. The first kappa shape index (κ1) is 16.2. The van der Waals surface area contributed by atoms with E-state index in [1.807, 2.05) is 25.1 Å². The van der Waals surface area contributed by atoms with Crippen LogP contribution in [0.2, 0.25) is 0 Å². The fourth-order valence-corrected chi connectivity index (χ4v) is 3.03. The Kier molecular flexibility index (Phi) is 3.69. The van der Waals surface area contributed by atoms with E-state index >= 15 is 0 Å². The van der Waals surface area contributed by atoms with Crippen molar-refractivity contribution in [2.75, 3.05) is 0 Å². The number of hydrogen-bond acceptors (Lipinski definition) is 5. The Morgan fingerprint density at radius 3 is 2.73 bits per heavy atom. The molecule has 7 nitrogen and oxygen atoms in total. The number of carboxylic acid groups (broad SMARTS) is 1. The van der Waals surface area contributed by atoms with E-state index in [4.69, 9.17) is 5.11 Å². The minimum Gasteiger partial charge on any atom is -0.481 e. The molecule has 0 amide bonds. The lowest BCUT2D eigenvalue weighted by Gasteiger charge is -2.21. The molecule has 0 spiro atoms. The number of hydrazine groups is 1. The quantitative estimate of drug-likeness (QED) is 0.577. The monoisotopic (exact) mass is 353 g/mol. The summed E-state index contributed by atoms with van der Waals surface area (Å²) in [5.41, 5.74) is 8.27. The molecule has 1 aliphatic rings. The number of halogens is 1. The van der Waals surface area contributed by atoms with Gasteiger partial charge in [-0.2, -0.15) is 5.10 Å². The van der Waals surface area contributed by atoms with Crippen LogP contribution in [0.3, 0.4) is 0 Å². The zero-order chi connectivity index (χ0) is 18.3. The Morgan fingerprint density at radius 1 is 1.23 bits per heavy atom. The number of rotatable bonds is 4. The number of nitrogens with zero attached hydrogens (tertiary/aromatic N) is 2. The number of hydrogen-bond donors (Lipinski definition) is 4. The summed E-state index contributed by atoms with van der Waals surface area (Å²) in [6.45, 7) is 1.85. The van der Waals surface area contributed by atoms with Crippen LogP contribution in [0.5, 0.6) is 0 Å². The number of amidine groups is 1. The number of fused-ring (bicyclic) bond motifs is 1. The van der Waals surface area contributed by atoms with Crippen LogP contribution in [0, 0.1) is 5.82 Å². The van der Waals surface area contributed by atoms with Gasteiger partial charge in [0.2, 0.25) is 0 Å². The molecule has 0 aliphatic carbocycles. The van der Waals surface area contributed by atoms with E-state index in [2.05, 4.69) is 26.0 Å². The molecule has 4 rings (SSSR count). The number of nitrogens with one attached hydrogen (secondary N) is 3. The van der Waals surface area contributed by atoms with Crippen molar-refractivity contribution < 1.29 is 14.3 Å². The van der Waals surface area contributed by atoms with Gasteiger partial charge in [-0.3, -0.25) is 9.89 Å². The van der Waals surface area contributed by atoms with Crippen molar-refractivity contribution in [1.29, 1.82) is 0 Å². The summed E-state index contributed by atoms with van der Waals surface area (Å²) < 4.78 is 13.2. The maximum absolute atomic E-state index is 13.2. The molecule has 132 valence electrons. The fourth-order valence-electron chi connectivity index (χ4n) is 3.03. The Bertz CT molecular complexity index is 1030. The lowest BCUT2D eigenvalue weighted by Crippen LogP contribution is -2.41. The highest BCUT2D eigenvalue weighted by Gasteiger charge is 2.32. The van der Waals surface area contributed by atoms with Gasteiger partial charge in [-0.15, -0.1) is 0 Å². The largest absolute Gasteiger partial charge is 0.481 e. The number of aliphatic carboxylic acids is 1. The lowest BCUT2D eigenvalue weighted by atomic mass is 9.99. The molecule has 8 heteroatoms. The Labute approximate surface area is 147 Å². The SMILES string of the molecule is CC1(c2ccc3[nH]nc(-c4ccc(F)cc4)c3c2)N=C(CC(=O)O)NN1. The van der Waals surface area contributed by atoms with Gasteiger partial charge in [0.05, 0.1) is 11.2 Å². The van der Waals surface area contributed by atoms with Crippen molar-refractivity contribution in [1.82, 2.24) is 21.0 Å². The van der Waals surface area contributed by atoms with Crippen LogP contribution in [0.25, 0.3) is 22.2 Å². The van der Waals surface area contributed by atoms with Gasteiger partial charge in [-0.25, -0.2) is 14.8 Å². The summed E-state index contributed by atoms with van der Waals surface area (Å²) in [5, 5.41) is 17.1. The van der Waals surface area contributed by atoms with Gasteiger partial charge in [0.1, 0.15) is 18.1 Å². The van der Waals surface area contributed by atoms with Crippen molar-refractivity contribution in [2.24, 2.45) is 4.99 Å². The van der Waals surface area contributed by atoms with E-state index in [9.17, 15) is 9.18 Å². The Morgan fingerprint density at radius 2 is 2.00 bits per heavy atom. The van der Waals surface area contributed by atoms with Crippen molar-refractivity contribution in [3.63, 3.8) is 0 Å². The smallest absolute Gasteiger partial charge is 0.311 e. The maximum atomic E-state index is 13.2. The first-order chi connectivity index (χ1) is 12.4. The van der Waals surface area contributed by atoms with E-state index in [-0.39, 0.29) is 12.2 Å². The average molecular weight is 353 g/mol. The summed E-state index contributed by atoms with van der Waals surface area (Å²) in [7, 11) is 0. The predicted molar refractivity (Wildman–Crippen MR) is 94.8 cm³/mol. The van der Waals surface area contributed by atoms with Gasteiger partial charge in [0, 0.05) is 10.9 Å². The van der Waals surface area contributed by atoms with Crippen LogP contribution in [0.4, 0.5) is 4.39 Å². The summed E-state index contributed by atoms with van der Waals surface area (Å²) in [6.07, 6.45) is -0.183. The van der Waals surface area contributed by atoms with E-state index in [0.29, 0.717) is 11.5 Å². The van der Waals surface area contributed by atoms with Crippen molar-refractivity contribution in [2.45, 2.75) is 19.0 Å². The molecule has 0 saturated carbocycles. The third-order valence-corrected chi connectivity index (χ3v) is 4.37. The Balaban J connectivity index is 1.76. The zero-order valence-corrected chi connectivity index (χ0v) is 13.9. The molecule has 1 unspecified atom stereocenters. The average Bonchev–Trinajstić information content (AvgIpc) is 3.19. The second-order valence-corrected chi connectivity index (χ2v) is 6.29. The molecule has 1 aromatic heterocycles. The molecule has 0 bridgehead atoms. The molecular formula is C18H16FN5O2. The van der Waals surface area contributed by atoms with E-state index in [0.717, 1.165) is 22.0 Å². The number of carboxylic acids is 1. The topological polar surface area (TPSA) is 102 Å². The molecule has 1 atom stereocenters. The predicted octanol–water partition coefficient (Wildman–Crippen LogP) is 2.52. The summed E-state index contributed by atoms with van der Waals surface area (Å²) in [5.74, 6) is -0.888. The number of aromatic amines is 1. The van der Waals surface area contributed by atoms with Gasteiger partial charge in [0.15, 0.2) is 5.66 Å². The maximum Gasteiger partial charge on any atom is 0.311 e. The highest BCUT2D eigenvalue weighted by Crippen LogP contribution is 2.32. The lowest BCUT2D eigenvalue weighted by molar-refractivity contribution is -0.135. The number of benzene rings is 2. The zero-order valence-electron chi connectivity index (χ0n) is 13.9. The van der Waals surface area contributed by atoms with E-state index in [1.165, 1.54) is 12.1 Å². The molecule has 3 aromatic rings. The summed E-state index contributed by atoms with van der Waals surface area (Å²) in [4.78, 5) is 15.3. The highest BCUT2D eigenvalue weighted by molar-refractivity contribution is 5.98. The molecule has 0 fully saturated rings. The third kappa shape index (κ3) is 2.80. The van der Waals surface area contributed by atoms with Crippen molar-refractivity contribution in [3.8, 4) is 11.3 Å². The number of aliphatic imine (C=N–C) groups is 1. The molecular weight excluding hydrogens is 337 g/mol.